The average molecular weight is 291 g/mol. The van der Waals surface area contributed by atoms with Gasteiger partial charge in [0.25, 0.3) is 0 Å². The fraction of sp³-hybridized carbons (Fsp3) is 0.500. The molecule has 0 aliphatic carbocycles. The van der Waals surface area contributed by atoms with Crippen molar-refractivity contribution in [3.8, 4) is 0 Å². The number of rotatable bonds is 4. The molecule has 2 atom stereocenters. The van der Waals surface area contributed by atoms with Crippen molar-refractivity contribution in [1.82, 2.24) is 0 Å². The molecule has 4 heteroatoms. The van der Waals surface area contributed by atoms with Crippen LogP contribution in [0.25, 0.3) is 0 Å². The second-order valence-electron chi connectivity index (χ2n) is 4.06. The van der Waals surface area contributed by atoms with Crippen LogP contribution in [0.4, 0.5) is 4.39 Å². The van der Waals surface area contributed by atoms with Crippen LogP contribution in [0.3, 0.4) is 0 Å². The van der Waals surface area contributed by atoms with Crippen LogP contribution in [0.1, 0.15) is 25.5 Å². The maximum atomic E-state index is 13.5. The summed E-state index contributed by atoms with van der Waals surface area (Å²) in [6.07, 6.45) is -1.37. The number of hydrogen-bond acceptors (Lipinski definition) is 2. The number of aliphatic hydroxyl groups excluding tert-OH is 1. The first-order chi connectivity index (χ1) is 7.47. The van der Waals surface area contributed by atoms with E-state index >= 15 is 0 Å². The van der Waals surface area contributed by atoms with E-state index in [9.17, 15) is 9.50 Å². The minimum atomic E-state index is -0.956. The zero-order valence-corrected chi connectivity index (χ0v) is 11.2. The molecular formula is C12H16BrFO2. The van der Waals surface area contributed by atoms with Crippen LogP contribution in [0.15, 0.2) is 22.7 Å². The fourth-order valence-electron chi connectivity index (χ4n) is 1.68. The fourth-order valence-corrected chi connectivity index (χ4v) is 2.06. The second-order valence-corrected chi connectivity index (χ2v) is 4.97. The minimum Gasteiger partial charge on any atom is -0.386 e. The van der Waals surface area contributed by atoms with Gasteiger partial charge in [-0.25, -0.2) is 4.39 Å². The summed E-state index contributed by atoms with van der Waals surface area (Å²) in [5.41, 5.74) is 0.259. The predicted molar refractivity (Wildman–Crippen MR) is 64.7 cm³/mol. The summed E-state index contributed by atoms with van der Waals surface area (Å²) >= 11 is 3.25. The molecule has 2 nitrogen and oxygen atoms in total. The van der Waals surface area contributed by atoms with Gasteiger partial charge in [-0.05, 0) is 24.1 Å². The minimum absolute atomic E-state index is 0.110. The maximum Gasteiger partial charge on any atom is 0.129 e. The summed E-state index contributed by atoms with van der Waals surface area (Å²) in [6, 6.07) is 4.51. The predicted octanol–water partition coefficient (Wildman–Crippen LogP) is 3.29. The molecule has 0 fully saturated rings. The van der Waals surface area contributed by atoms with Crippen molar-refractivity contribution in [3.63, 3.8) is 0 Å². The van der Waals surface area contributed by atoms with E-state index in [1.165, 1.54) is 13.2 Å². The molecule has 16 heavy (non-hydrogen) atoms. The van der Waals surface area contributed by atoms with Crippen molar-refractivity contribution in [1.29, 1.82) is 0 Å². The normalized spacial score (nSPS) is 15.2. The molecule has 1 N–H and O–H groups in total. The Balaban J connectivity index is 3.02. The maximum absolute atomic E-state index is 13.5. The van der Waals surface area contributed by atoms with E-state index in [0.717, 1.165) is 4.47 Å². The van der Waals surface area contributed by atoms with Crippen LogP contribution in [-0.2, 0) is 4.74 Å². The molecule has 90 valence electrons. The Kier molecular flexibility index (Phi) is 4.89. The molecule has 0 saturated heterocycles. The lowest BCUT2D eigenvalue weighted by Crippen LogP contribution is -2.27. The molecule has 0 amide bonds. The van der Waals surface area contributed by atoms with E-state index in [1.807, 2.05) is 13.8 Å². The lowest BCUT2D eigenvalue weighted by atomic mass is 9.95. The highest BCUT2D eigenvalue weighted by Crippen LogP contribution is 2.28. The van der Waals surface area contributed by atoms with Gasteiger partial charge in [0.2, 0.25) is 0 Å². The first kappa shape index (κ1) is 13.6. The Hall–Kier alpha value is -0.450. The third kappa shape index (κ3) is 3.03. The molecular weight excluding hydrogens is 275 g/mol. The quantitative estimate of drug-likeness (QED) is 0.922. The van der Waals surface area contributed by atoms with Crippen molar-refractivity contribution in [2.24, 2.45) is 5.92 Å². The molecule has 0 aromatic heterocycles. The van der Waals surface area contributed by atoms with Crippen molar-refractivity contribution < 1.29 is 14.2 Å². The summed E-state index contributed by atoms with van der Waals surface area (Å²) < 4.78 is 19.5. The summed E-state index contributed by atoms with van der Waals surface area (Å²) in [4.78, 5) is 0. The number of benzene rings is 1. The Labute approximate surface area is 104 Å². The van der Waals surface area contributed by atoms with Gasteiger partial charge in [0.1, 0.15) is 11.9 Å². The van der Waals surface area contributed by atoms with Crippen LogP contribution in [0, 0.1) is 11.7 Å². The van der Waals surface area contributed by atoms with E-state index < -0.39 is 18.0 Å². The van der Waals surface area contributed by atoms with Gasteiger partial charge in [0.15, 0.2) is 0 Å². The Morgan fingerprint density at radius 1 is 1.38 bits per heavy atom. The van der Waals surface area contributed by atoms with Crippen molar-refractivity contribution in [2.45, 2.75) is 26.1 Å². The number of halogens is 2. The van der Waals surface area contributed by atoms with Gasteiger partial charge < -0.3 is 9.84 Å². The first-order valence-corrected chi connectivity index (χ1v) is 5.92. The van der Waals surface area contributed by atoms with Gasteiger partial charge >= 0.3 is 0 Å². The summed E-state index contributed by atoms with van der Waals surface area (Å²) in [5, 5.41) is 10.1. The third-order valence-corrected chi connectivity index (χ3v) is 3.01. The van der Waals surface area contributed by atoms with E-state index in [-0.39, 0.29) is 11.5 Å². The van der Waals surface area contributed by atoms with Crippen LogP contribution in [0.2, 0.25) is 0 Å². The molecule has 0 aliphatic heterocycles. The van der Waals surface area contributed by atoms with E-state index in [4.69, 9.17) is 4.74 Å². The molecule has 2 unspecified atom stereocenters. The van der Waals surface area contributed by atoms with E-state index in [1.54, 1.807) is 12.1 Å². The van der Waals surface area contributed by atoms with Gasteiger partial charge in [-0.1, -0.05) is 29.8 Å². The molecule has 1 rings (SSSR count). The summed E-state index contributed by atoms with van der Waals surface area (Å²) in [5.74, 6) is -0.309. The number of aliphatic hydroxyl groups is 1. The Morgan fingerprint density at radius 2 is 2.00 bits per heavy atom. The van der Waals surface area contributed by atoms with Gasteiger partial charge in [-0.15, -0.1) is 0 Å². The Bertz CT molecular complexity index is 355. The zero-order valence-electron chi connectivity index (χ0n) is 9.58. The molecule has 0 aliphatic rings. The van der Waals surface area contributed by atoms with Crippen LogP contribution >= 0.6 is 15.9 Å². The summed E-state index contributed by atoms with van der Waals surface area (Å²) in [7, 11) is 1.52. The number of methoxy groups -OCH3 is 1. The SMILES string of the molecule is COC(C(C)C)C(O)c1cc(Br)ccc1F. The highest BCUT2D eigenvalue weighted by molar-refractivity contribution is 9.10. The molecule has 0 heterocycles. The van der Waals surface area contributed by atoms with Gasteiger partial charge in [0, 0.05) is 17.1 Å². The lowest BCUT2D eigenvalue weighted by Gasteiger charge is -2.25. The number of ether oxygens (including phenoxy) is 1. The van der Waals surface area contributed by atoms with Gasteiger partial charge in [-0.2, -0.15) is 0 Å². The van der Waals surface area contributed by atoms with Gasteiger partial charge in [0.05, 0.1) is 6.10 Å². The molecule has 1 aromatic carbocycles. The molecule has 0 bridgehead atoms. The van der Waals surface area contributed by atoms with E-state index in [0.29, 0.717) is 0 Å². The number of hydrogen-bond donors (Lipinski definition) is 1. The van der Waals surface area contributed by atoms with Crippen molar-refractivity contribution >= 4 is 15.9 Å². The third-order valence-electron chi connectivity index (χ3n) is 2.52. The second kappa shape index (κ2) is 5.75. The smallest absolute Gasteiger partial charge is 0.129 e. The largest absolute Gasteiger partial charge is 0.386 e. The Morgan fingerprint density at radius 3 is 2.50 bits per heavy atom. The molecule has 0 saturated carbocycles. The van der Waals surface area contributed by atoms with Crippen LogP contribution in [-0.4, -0.2) is 18.3 Å². The zero-order chi connectivity index (χ0) is 12.3. The van der Waals surface area contributed by atoms with Gasteiger partial charge in [-0.3, -0.25) is 0 Å². The topological polar surface area (TPSA) is 29.5 Å². The molecule has 1 aromatic rings. The van der Waals surface area contributed by atoms with Crippen molar-refractivity contribution in [2.75, 3.05) is 7.11 Å². The van der Waals surface area contributed by atoms with Crippen LogP contribution in [0.5, 0.6) is 0 Å². The average Bonchev–Trinajstić information content (AvgIpc) is 2.22. The first-order valence-electron chi connectivity index (χ1n) is 5.13. The highest BCUT2D eigenvalue weighted by Gasteiger charge is 2.26. The lowest BCUT2D eigenvalue weighted by molar-refractivity contribution is -0.0404. The van der Waals surface area contributed by atoms with Crippen LogP contribution < -0.4 is 0 Å². The molecule has 0 spiro atoms. The molecule has 0 radical (unpaired) electrons. The summed E-state index contributed by atoms with van der Waals surface area (Å²) in [6.45, 7) is 3.85. The highest BCUT2D eigenvalue weighted by atomic mass is 79.9. The van der Waals surface area contributed by atoms with E-state index in [2.05, 4.69) is 15.9 Å². The standard InChI is InChI=1S/C12H16BrFO2/c1-7(2)12(16-3)11(15)9-6-8(13)4-5-10(9)14/h4-7,11-12,15H,1-3H3. The monoisotopic (exact) mass is 290 g/mol. The van der Waals surface area contributed by atoms with Crippen molar-refractivity contribution in [3.05, 3.63) is 34.1 Å².